The summed E-state index contributed by atoms with van der Waals surface area (Å²) in [6.45, 7) is 2.42. The van der Waals surface area contributed by atoms with Crippen molar-refractivity contribution < 1.29 is 4.79 Å². The Morgan fingerprint density at radius 3 is 2.81 bits per heavy atom. The Balaban J connectivity index is 1.56. The Bertz CT molecular complexity index is 995. The van der Waals surface area contributed by atoms with E-state index in [0.717, 1.165) is 17.7 Å². The minimum absolute atomic E-state index is 0.0939. The highest BCUT2D eigenvalue weighted by Gasteiger charge is 2.12. The molecule has 0 aliphatic heterocycles. The molecule has 0 atom stereocenters. The molecule has 1 aromatic carbocycles. The van der Waals surface area contributed by atoms with Crippen molar-refractivity contribution in [1.29, 1.82) is 0 Å². The van der Waals surface area contributed by atoms with Gasteiger partial charge in [0.2, 0.25) is 5.91 Å². The number of amides is 1. The Labute approximate surface area is 160 Å². The molecule has 0 aliphatic carbocycles. The van der Waals surface area contributed by atoms with Crippen LogP contribution in [0.2, 0.25) is 5.02 Å². The Morgan fingerprint density at radius 2 is 2.08 bits per heavy atom. The molecule has 0 spiro atoms. The van der Waals surface area contributed by atoms with E-state index in [0.29, 0.717) is 27.8 Å². The van der Waals surface area contributed by atoms with Gasteiger partial charge in [-0.1, -0.05) is 35.5 Å². The van der Waals surface area contributed by atoms with Crippen LogP contribution in [-0.4, -0.2) is 32.7 Å². The van der Waals surface area contributed by atoms with Crippen LogP contribution in [0.15, 0.2) is 40.3 Å². The fourth-order valence-electron chi connectivity index (χ4n) is 2.57. The van der Waals surface area contributed by atoms with E-state index in [9.17, 15) is 9.59 Å². The normalized spacial score (nSPS) is 11.0. The van der Waals surface area contributed by atoms with Gasteiger partial charge in [0.25, 0.3) is 5.56 Å². The van der Waals surface area contributed by atoms with Gasteiger partial charge in [-0.3, -0.25) is 14.2 Å². The van der Waals surface area contributed by atoms with Crippen LogP contribution in [0.25, 0.3) is 11.0 Å². The Kier molecular flexibility index (Phi) is 5.68. The number of rotatable bonds is 6. The zero-order valence-electron chi connectivity index (χ0n) is 14.5. The highest BCUT2D eigenvalue weighted by molar-refractivity contribution is 7.99. The van der Waals surface area contributed by atoms with Gasteiger partial charge >= 0.3 is 0 Å². The lowest BCUT2D eigenvalue weighted by molar-refractivity contribution is -0.118. The number of hydrogen-bond donors (Lipinski definition) is 2. The van der Waals surface area contributed by atoms with Gasteiger partial charge < -0.3 is 10.3 Å². The van der Waals surface area contributed by atoms with Gasteiger partial charge in [-0.15, -0.1) is 0 Å². The van der Waals surface area contributed by atoms with E-state index in [4.69, 9.17) is 11.6 Å². The van der Waals surface area contributed by atoms with Crippen molar-refractivity contribution in [2.24, 2.45) is 7.05 Å². The minimum Gasteiger partial charge on any atom is -0.355 e. The second-order valence-corrected chi connectivity index (χ2v) is 7.37. The molecule has 0 bridgehead atoms. The fourth-order valence-corrected chi connectivity index (χ4v) is 3.49. The van der Waals surface area contributed by atoms with E-state index < -0.39 is 0 Å². The number of benzene rings is 1. The third-order valence-corrected chi connectivity index (χ3v) is 5.22. The number of carbonyl (C=O) groups excluding carboxylic acids is 1. The van der Waals surface area contributed by atoms with Gasteiger partial charge in [0.15, 0.2) is 5.16 Å². The van der Waals surface area contributed by atoms with Crippen LogP contribution < -0.4 is 10.9 Å². The van der Waals surface area contributed by atoms with Gasteiger partial charge in [0, 0.05) is 24.3 Å². The summed E-state index contributed by atoms with van der Waals surface area (Å²) >= 11 is 7.10. The van der Waals surface area contributed by atoms with Crippen LogP contribution in [-0.2, 0) is 18.3 Å². The number of aromatic nitrogens is 3. The molecule has 2 heterocycles. The molecular weight excluding hydrogens is 372 g/mol. The van der Waals surface area contributed by atoms with Crippen molar-refractivity contribution in [2.75, 3.05) is 12.3 Å². The number of thioether (sulfide) groups is 1. The molecular formula is C18H19ClN4O2S. The maximum Gasteiger partial charge on any atom is 0.278 e. The molecule has 0 aliphatic rings. The van der Waals surface area contributed by atoms with E-state index in [1.807, 2.05) is 37.3 Å². The van der Waals surface area contributed by atoms with Crippen LogP contribution in [0.4, 0.5) is 0 Å². The summed E-state index contributed by atoms with van der Waals surface area (Å²) in [5, 5.41) is 4.10. The molecule has 1 amide bonds. The lowest BCUT2D eigenvalue weighted by atomic mass is 10.1. The highest BCUT2D eigenvalue weighted by atomic mass is 35.5. The van der Waals surface area contributed by atoms with Crippen molar-refractivity contribution in [2.45, 2.75) is 18.5 Å². The van der Waals surface area contributed by atoms with Crippen LogP contribution in [0.5, 0.6) is 0 Å². The molecule has 0 fully saturated rings. The van der Waals surface area contributed by atoms with E-state index in [2.05, 4.69) is 15.3 Å². The number of aryl methyl sites for hydroxylation is 1. The number of nitrogens with one attached hydrogen (secondary N) is 2. The summed E-state index contributed by atoms with van der Waals surface area (Å²) in [6.07, 6.45) is 0.735. The largest absolute Gasteiger partial charge is 0.355 e. The number of nitrogens with zero attached hydrogens (tertiary/aromatic N) is 2. The molecule has 6 nitrogen and oxygen atoms in total. The molecule has 3 aromatic rings. The zero-order valence-corrected chi connectivity index (χ0v) is 16.1. The number of carbonyl (C=O) groups is 1. The second-order valence-electron chi connectivity index (χ2n) is 5.99. The van der Waals surface area contributed by atoms with E-state index >= 15 is 0 Å². The molecule has 0 unspecified atom stereocenters. The van der Waals surface area contributed by atoms with E-state index in [-0.39, 0.29) is 17.2 Å². The van der Waals surface area contributed by atoms with Gasteiger partial charge in [0.1, 0.15) is 5.52 Å². The van der Waals surface area contributed by atoms with Crippen molar-refractivity contribution in [3.8, 4) is 0 Å². The molecule has 3 rings (SSSR count). The number of fused-ring (bicyclic) bond motifs is 1. The summed E-state index contributed by atoms with van der Waals surface area (Å²) in [5.74, 6) is 0.110. The number of aromatic amines is 1. The monoisotopic (exact) mass is 390 g/mol. The second kappa shape index (κ2) is 7.97. The van der Waals surface area contributed by atoms with Gasteiger partial charge in [-0.2, -0.15) is 0 Å². The Morgan fingerprint density at radius 1 is 1.35 bits per heavy atom. The van der Waals surface area contributed by atoms with Crippen molar-refractivity contribution in [3.63, 3.8) is 0 Å². The summed E-state index contributed by atoms with van der Waals surface area (Å²) in [6, 6.07) is 9.38. The SMILES string of the molecule is Cc1cc2nc(SCC(=O)NCCc3ccc(Cl)cc3)n(C)c(=O)c2[nH]1. The van der Waals surface area contributed by atoms with Crippen molar-refractivity contribution >= 4 is 40.3 Å². The predicted octanol–water partition coefficient (Wildman–Crippen LogP) is 2.67. The van der Waals surface area contributed by atoms with Crippen LogP contribution >= 0.6 is 23.4 Å². The molecule has 2 aromatic heterocycles. The summed E-state index contributed by atoms with van der Waals surface area (Å²) in [5.41, 5.74) is 2.96. The van der Waals surface area contributed by atoms with E-state index in [1.54, 1.807) is 7.05 Å². The van der Waals surface area contributed by atoms with Crippen LogP contribution in [0.1, 0.15) is 11.3 Å². The quantitative estimate of drug-likeness (QED) is 0.501. The van der Waals surface area contributed by atoms with Crippen molar-refractivity contribution in [1.82, 2.24) is 19.9 Å². The predicted molar refractivity (Wildman–Crippen MR) is 105 cm³/mol. The van der Waals surface area contributed by atoms with E-state index in [1.165, 1.54) is 16.3 Å². The van der Waals surface area contributed by atoms with Crippen LogP contribution in [0, 0.1) is 6.92 Å². The smallest absolute Gasteiger partial charge is 0.278 e. The maximum absolute atomic E-state index is 12.3. The van der Waals surface area contributed by atoms with Gasteiger partial charge in [-0.05, 0) is 37.1 Å². The molecule has 0 radical (unpaired) electrons. The fraction of sp³-hybridized carbons (Fsp3) is 0.278. The first-order valence-electron chi connectivity index (χ1n) is 8.14. The number of halogens is 1. The van der Waals surface area contributed by atoms with Gasteiger partial charge in [0.05, 0.1) is 11.3 Å². The number of H-pyrrole nitrogens is 1. The number of hydrogen-bond acceptors (Lipinski definition) is 4. The van der Waals surface area contributed by atoms with Crippen LogP contribution in [0.3, 0.4) is 0 Å². The third kappa shape index (κ3) is 4.28. The average Bonchev–Trinajstić information content (AvgIpc) is 2.99. The summed E-state index contributed by atoms with van der Waals surface area (Å²) < 4.78 is 1.46. The Hall–Kier alpha value is -2.25. The average molecular weight is 391 g/mol. The zero-order chi connectivity index (χ0) is 18.7. The lowest BCUT2D eigenvalue weighted by Gasteiger charge is -2.08. The minimum atomic E-state index is -0.145. The molecule has 0 saturated heterocycles. The first-order chi connectivity index (χ1) is 12.4. The van der Waals surface area contributed by atoms with Crippen molar-refractivity contribution in [3.05, 3.63) is 57.0 Å². The molecule has 2 N–H and O–H groups in total. The topological polar surface area (TPSA) is 79.8 Å². The standard InChI is InChI=1S/C18H19ClN4O2S/c1-11-9-14-16(21-11)17(25)23(2)18(22-14)26-10-15(24)20-8-7-12-3-5-13(19)6-4-12/h3-6,9,21H,7-8,10H2,1-2H3,(H,20,24). The maximum atomic E-state index is 12.3. The molecule has 8 heteroatoms. The summed E-state index contributed by atoms with van der Waals surface area (Å²) in [4.78, 5) is 31.9. The summed E-state index contributed by atoms with van der Waals surface area (Å²) in [7, 11) is 1.66. The highest BCUT2D eigenvalue weighted by Crippen LogP contribution is 2.17. The molecule has 26 heavy (non-hydrogen) atoms. The first kappa shape index (κ1) is 18.5. The lowest BCUT2D eigenvalue weighted by Crippen LogP contribution is -2.28. The molecule has 0 saturated carbocycles. The van der Waals surface area contributed by atoms with Gasteiger partial charge in [-0.25, -0.2) is 4.98 Å². The third-order valence-electron chi connectivity index (χ3n) is 3.93. The first-order valence-corrected chi connectivity index (χ1v) is 9.50. The molecule has 136 valence electrons.